The predicted octanol–water partition coefficient (Wildman–Crippen LogP) is 2.31. The third kappa shape index (κ3) is 5.06. The summed E-state index contributed by atoms with van der Waals surface area (Å²) in [5.74, 6) is -0.150. The summed E-state index contributed by atoms with van der Waals surface area (Å²) in [5.41, 5.74) is 0.932. The number of rotatable bonds is 4. The van der Waals surface area contributed by atoms with Gasteiger partial charge in [0.25, 0.3) is 5.91 Å². The summed E-state index contributed by atoms with van der Waals surface area (Å²) in [5, 5.41) is 11.8. The van der Waals surface area contributed by atoms with Crippen LogP contribution in [0.2, 0.25) is 0 Å². The van der Waals surface area contributed by atoms with Gasteiger partial charge in [-0.1, -0.05) is 12.1 Å². The zero-order valence-electron chi connectivity index (χ0n) is 16.0. The summed E-state index contributed by atoms with van der Waals surface area (Å²) in [7, 11) is 0. The Kier molecular flexibility index (Phi) is 6.09. The van der Waals surface area contributed by atoms with Crippen LogP contribution in [-0.2, 0) is 11.0 Å². The number of alkyl halides is 3. The maximum absolute atomic E-state index is 12.9. The van der Waals surface area contributed by atoms with Gasteiger partial charge in [-0.3, -0.25) is 4.79 Å². The number of halogens is 3. The Morgan fingerprint density at radius 2 is 1.86 bits per heavy atom. The van der Waals surface area contributed by atoms with Crippen LogP contribution < -0.4 is 15.1 Å². The van der Waals surface area contributed by atoms with Gasteiger partial charge in [-0.25, -0.2) is 0 Å². The third-order valence-electron chi connectivity index (χ3n) is 5.21. The van der Waals surface area contributed by atoms with E-state index in [9.17, 15) is 18.0 Å². The maximum atomic E-state index is 12.9. The van der Waals surface area contributed by atoms with Crippen LogP contribution >= 0.6 is 0 Å². The number of nitrogens with zero attached hydrogens (tertiary/aromatic N) is 2. The van der Waals surface area contributed by atoms with Crippen LogP contribution in [0.5, 0.6) is 0 Å². The molecule has 1 aliphatic rings. The lowest BCUT2D eigenvalue weighted by atomic mass is 10.1. The second-order valence-electron chi connectivity index (χ2n) is 7.10. The standard InChI is InChI=1S/C21H21F3N4O/c1-15(20(29)26-18-6-2-4-16(12-18)14-25)27-8-10-28(11-9-27)19-7-3-5-17(13-19)21(22,23)24/h2-7,12-13,15H,8-11H2,1H3,(H,26,29)/p+1/t15-/m0/s1. The molecule has 0 saturated carbocycles. The van der Waals surface area contributed by atoms with Gasteiger partial charge in [0.15, 0.2) is 6.04 Å². The van der Waals surface area contributed by atoms with Crippen molar-refractivity contribution < 1.29 is 22.9 Å². The molecule has 1 saturated heterocycles. The number of hydrogen-bond acceptors (Lipinski definition) is 3. The van der Waals surface area contributed by atoms with E-state index in [4.69, 9.17) is 5.26 Å². The molecular weight excluding hydrogens is 381 g/mol. The van der Waals surface area contributed by atoms with Gasteiger partial charge in [-0.2, -0.15) is 18.4 Å². The van der Waals surface area contributed by atoms with Crippen molar-refractivity contribution in [2.75, 3.05) is 36.4 Å². The van der Waals surface area contributed by atoms with Gasteiger partial charge in [0.1, 0.15) is 0 Å². The van der Waals surface area contributed by atoms with Gasteiger partial charge in [0.05, 0.1) is 43.4 Å². The molecule has 0 aliphatic carbocycles. The molecule has 152 valence electrons. The fraction of sp³-hybridized carbons (Fsp3) is 0.333. The van der Waals surface area contributed by atoms with Crippen LogP contribution in [-0.4, -0.2) is 38.1 Å². The molecule has 8 heteroatoms. The van der Waals surface area contributed by atoms with Crippen LogP contribution in [0.4, 0.5) is 24.5 Å². The van der Waals surface area contributed by atoms with Crippen molar-refractivity contribution in [1.29, 1.82) is 5.26 Å². The van der Waals surface area contributed by atoms with Crippen molar-refractivity contribution in [3.63, 3.8) is 0 Å². The lowest BCUT2D eigenvalue weighted by Gasteiger charge is -2.36. The van der Waals surface area contributed by atoms with Gasteiger partial charge < -0.3 is 15.1 Å². The number of piperazine rings is 1. The number of benzene rings is 2. The van der Waals surface area contributed by atoms with Gasteiger partial charge in [-0.15, -0.1) is 0 Å². The third-order valence-corrected chi connectivity index (χ3v) is 5.21. The summed E-state index contributed by atoms with van der Waals surface area (Å²) in [4.78, 5) is 15.6. The van der Waals surface area contributed by atoms with Gasteiger partial charge in [0.2, 0.25) is 0 Å². The highest BCUT2D eigenvalue weighted by molar-refractivity contribution is 5.93. The highest BCUT2D eigenvalue weighted by Gasteiger charge is 2.32. The maximum Gasteiger partial charge on any atom is 0.416 e. The number of nitrogens with one attached hydrogen (secondary N) is 2. The van der Waals surface area contributed by atoms with E-state index in [0.717, 1.165) is 11.0 Å². The monoisotopic (exact) mass is 403 g/mol. The lowest BCUT2D eigenvalue weighted by molar-refractivity contribution is -0.914. The fourth-order valence-corrected chi connectivity index (χ4v) is 3.47. The van der Waals surface area contributed by atoms with E-state index in [2.05, 4.69) is 5.32 Å². The summed E-state index contributed by atoms with van der Waals surface area (Å²) < 4.78 is 38.8. The van der Waals surface area contributed by atoms with E-state index >= 15 is 0 Å². The normalized spacial score (nSPS) is 16.2. The minimum atomic E-state index is -4.36. The quantitative estimate of drug-likeness (QED) is 0.824. The molecule has 1 aliphatic heterocycles. The molecular formula is C21H22F3N4O+. The SMILES string of the molecule is C[C@@H](C(=O)Nc1cccc(C#N)c1)[NH+]1CCN(c2cccc(C(F)(F)F)c2)CC1. The molecule has 1 amide bonds. The molecule has 5 nitrogen and oxygen atoms in total. The first-order valence-electron chi connectivity index (χ1n) is 9.36. The van der Waals surface area contributed by atoms with Crippen molar-refractivity contribution >= 4 is 17.3 Å². The molecule has 0 radical (unpaired) electrons. The van der Waals surface area contributed by atoms with E-state index in [1.54, 1.807) is 30.3 Å². The Labute approximate surface area is 167 Å². The minimum Gasteiger partial charge on any atom is -0.360 e. The lowest BCUT2D eigenvalue weighted by Crippen LogP contribution is -3.19. The van der Waals surface area contributed by atoms with Crippen molar-refractivity contribution in [3.8, 4) is 6.07 Å². The highest BCUT2D eigenvalue weighted by atomic mass is 19.4. The predicted molar refractivity (Wildman–Crippen MR) is 104 cm³/mol. The van der Waals surface area contributed by atoms with Gasteiger partial charge in [0, 0.05) is 11.4 Å². The molecule has 2 N–H and O–H groups in total. The number of quaternary nitrogens is 1. The average molecular weight is 403 g/mol. The molecule has 2 aromatic carbocycles. The van der Waals surface area contributed by atoms with Crippen molar-refractivity contribution in [1.82, 2.24) is 0 Å². The van der Waals surface area contributed by atoms with Crippen molar-refractivity contribution in [2.24, 2.45) is 0 Å². The highest BCUT2D eigenvalue weighted by Crippen LogP contribution is 2.31. The molecule has 29 heavy (non-hydrogen) atoms. The fourth-order valence-electron chi connectivity index (χ4n) is 3.47. The molecule has 1 atom stereocenters. The zero-order valence-corrected chi connectivity index (χ0v) is 16.0. The summed E-state index contributed by atoms with van der Waals surface area (Å²) in [6.07, 6.45) is -4.36. The Bertz CT molecular complexity index is 915. The molecule has 0 spiro atoms. The smallest absolute Gasteiger partial charge is 0.360 e. The van der Waals surface area contributed by atoms with Crippen LogP contribution in [0.1, 0.15) is 18.1 Å². The molecule has 3 rings (SSSR count). The van der Waals surface area contributed by atoms with E-state index in [1.165, 1.54) is 12.1 Å². The first-order valence-corrected chi connectivity index (χ1v) is 9.36. The van der Waals surface area contributed by atoms with Crippen LogP contribution in [0.3, 0.4) is 0 Å². The molecule has 0 unspecified atom stereocenters. The Morgan fingerprint density at radius 3 is 2.52 bits per heavy atom. The first-order chi connectivity index (χ1) is 13.8. The van der Waals surface area contributed by atoms with Crippen molar-refractivity contribution in [2.45, 2.75) is 19.1 Å². The number of carbonyl (C=O) groups is 1. The average Bonchev–Trinajstić information content (AvgIpc) is 2.73. The zero-order chi connectivity index (χ0) is 21.0. The molecule has 0 aromatic heterocycles. The van der Waals surface area contributed by atoms with E-state index < -0.39 is 11.7 Å². The Morgan fingerprint density at radius 1 is 1.17 bits per heavy atom. The molecule has 0 bridgehead atoms. The first kappa shape index (κ1) is 20.7. The molecule has 2 aromatic rings. The number of amides is 1. The van der Waals surface area contributed by atoms with Gasteiger partial charge >= 0.3 is 6.18 Å². The summed E-state index contributed by atoms with van der Waals surface area (Å²) in [6.45, 7) is 4.25. The topological polar surface area (TPSA) is 60.6 Å². The second-order valence-corrected chi connectivity index (χ2v) is 7.10. The van der Waals surface area contributed by atoms with Crippen LogP contribution in [0, 0.1) is 11.3 Å². The molecule has 1 heterocycles. The van der Waals surface area contributed by atoms with E-state index in [0.29, 0.717) is 43.1 Å². The minimum absolute atomic E-state index is 0.150. The van der Waals surface area contributed by atoms with Gasteiger partial charge in [-0.05, 0) is 43.3 Å². The number of anilines is 2. The van der Waals surface area contributed by atoms with Crippen LogP contribution in [0.15, 0.2) is 48.5 Å². The van der Waals surface area contributed by atoms with E-state index in [-0.39, 0.29) is 11.9 Å². The Hall–Kier alpha value is -3.05. The Balaban J connectivity index is 1.58. The number of hydrogen-bond donors (Lipinski definition) is 2. The van der Waals surface area contributed by atoms with Crippen molar-refractivity contribution in [3.05, 3.63) is 59.7 Å². The summed E-state index contributed by atoms with van der Waals surface area (Å²) in [6, 6.07) is 13.8. The van der Waals surface area contributed by atoms with E-state index in [1.807, 2.05) is 17.9 Å². The summed E-state index contributed by atoms with van der Waals surface area (Å²) >= 11 is 0. The molecule has 1 fully saturated rings. The largest absolute Gasteiger partial charge is 0.416 e. The number of carbonyl (C=O) groups excluding carboxylic acids is 1. The van der Waals surface area contributed by atoms with Crippen LogP contribution in [0.25, 0.3) is 0 Å². The second kappa shape index (κ2) is 8.53. The number of nitriles is 1.